The summed E-state index contributed by atoms with van der Waals surface area (Å²) >= 11 is 0. The van der Waals surface area contributed by atoms with Crippen molar-refractivity contribution >= 4 is 6.03 Å². The van der Waals surface area contributed by atoms with E-state index in [1.54, 1.807) is 11.8 Å². The van der Waals surface area contributed by atoms with E-state index in [0.29, 0.717) is 19.7 Å². The number of aliphatic hydroxyl groups is 1. The standard InChI is InChI=1S/C17H26N2O3/c1-13-6-3-4-8-16(13)22-11-9-18-17(21)19-10-5-7-15(12-19)14(2)20/h3-4,6,8,14-15,20H,5,7,9-12H2,1-2H3,(H,18,21). The number of nitrogens with one attached hydrogen (secondary N) is 1. The topological polar surface area (TPSA) is 61.8 Å². The first-order valence-electron chi connectivity index (χ1n) is 7.97. The van der Waals surface area contributed by atoms with Crippen molar-refractivity contribution in [1.29, 1.82) is 0 Å². The van der Waals surface area contributed by atoms with Gasteiger partial charge in [-0.05, 0) is 38.3 Å². The van der Waals surface area contributed by atoms with E-state index < -0.39 is 0 Å². The largest absolute Gasteiger partial charge is 0.491 e. The molecule has 2 atom stereocenters. The fraction of sp³-hybridized carbons (Fsp3) is 0.588. The molecule has 122 valence electrons. The SMILES string of the molecule is Cc1ccccc1OCCNC(=O)N1CCCC(C(C)O)C1. The Hall–Kier alpha value is -1.75. The van der Waals surface area contributed by atoms with E-state index in [0.717, 1.165) is 30.7 Å². The first-order chi connectivity index (χ1) is 10.6. The molecule has 1 saturated heterocycles. The Labute approximate surface area is 132 Å². The maximum Gasteiger partial charge on any atom is 0.317 e. The summed E-state index contributed by atoms with van der Waals surface area (Å²) in [4.78, 5) is 13.9. The summed E-state index contributed by atoms with van der Waals surface area (Å²) in [5, 5.41) is 12.5. The second-order valence-corrected chi connectivity index (χ2v) is 5.93. The fourth-order valence-corrected chi connectivity index (χ4v) is 2.74. The number of ether oxygens (including phenoxy) is 1. The summed E-state index contributed by atoms with van der Waals surface area (Å²) in [6.45, 7) is 6.10. The Kier molecular flexibility index (Phi) is 6.07. The van der Waals surface area contributed by atoms with Gasteiger partial charge in [-0.3, -0.25) is 0 Å². The lowest BCUT2D eigenvalue weighted by molar-refractivity contribution is 0.0737. The van der Waals surface area contributed by atoms with Crippen LogP contribution in [0.3, 0.4) is 0 Å². The van der Waals surface area contributed by atoms with Crippen molar-refractivity contribution in [1.82, 2.24) is 10.2 Å². The molecule has 2 amide bonds. The molecule has 2 unspecified atom stereocenters. The van der Waals surface area contributed by atoms with Crippen LogP contribution in [0, 0.1) is 12.8 Å². The molecule has 0 spiro atoms. The number of aliphatic hydroxyl groups excluding tert-OH is 1. The Bertz CT molecular complexity index is 491. The van der Waals surface area contributed by atoms with Crippen molar-refractivity contribution in [3.05, 3.63) is 29.8 Å². The van der Waals surface area contributed by atoms with Gasteiger partial charge in [0.1, 0.15) is 12.4 Å². The van der Waals surface area contributed by atoms with Gasteiger partial charge in [0.25, 0.3) is 0 Å². The molecule has 1 aliphatic rings. The molecule has 0 bridgehead atoms. The minimum Gasteiger partial charge on any atom is -0.491 e. The molecule has 1 aromatic rings. The third-order valence-electron chi connectivity index (χ3n) is 4.16. The lowest BCUT2D eigenvalue weighted by Crippen LogP contribution is -2.48. The first kappa shape index (κ1) is 16.6. The molecule has 1 fully saturated rings. The van der Waals surface area contributed by atoms with Crippen molar-refractivity contribution in [2.75, 3.05) is 26.2 Å². The number of para-hydroxylation sites is 1. The molecule has 22 heavy (non-hydrogen) atoms. The molecule has 1 heterocycles. The van der Waals surface area contributed by atoms with Crippen LogP contribution in [0.4, 0.5) is 4.79 Å². The molecule has 0 aromatic heterocycles. The lowest BCUT2D eigenvalue weighted by atomic mass is 9.94. The first-order valence-corrected chi connectivity index (χ1v) is 7.97. The minimum absolute atomic E-state index is 0.0706. The molecule has 2 rings (SSSR count). The Morgan fingerprint density at radius 3 is 3.00 bits per heavy atom. The van der Waals surface area contributed by atoms with E-state index in [1.165, 1.54) is 0 Å². The van der Waals surface area contributed by atoms with E-state index in [2.05, 4.69) is 5.32 Å². The Morgan fingerprint density at radius 1 is 1.50 bits per heavy atom. The molecule has 1 aliphatic heterocycles. The van der Waals surface area contributed by atoms with E-state index >= 15 is 0 Å². The number of hydrogen-bond donors (Lipinski definition) is 2. The van der Waals surface area contributed by atoms with Crippen LogP contribution in [0.15, 0.2) is 24.3 Å². The van der Waals surface area contributed by atoms with Crippen molar-refractivity contribution in [2.24, 2.45) is 5.92 Å². The number of carbonyl (C=O) groups is 1. The summed E-state index contributed by atoms with van der Waals surface area (Å²) in [5.74, 6) is 1.03. The number of benzene rings is 1. The van der Waals surface area contributed by atoms with Gasteiger partial charge in [0.2, 0.25) is 0 Å². The highest BCUT2D eigenvalue weighted by Crippen LogP contribution is 2.19. The highest BCUT2D eigenvalue weighted by molar-refractivity contribution is 5.74. The van der Waals surface area contributed by atoms with Crippen LogP contribution < -0.4 is 10.1 Å². The molecule has 0 radical (unpaired) electrons. The average molecular weight is 306 g/mol. The summed E-state index contributed by atoms with van der Waals surface area (Å²) in [6.07, 6.45) is 1.57. The van der Waals surface area contributed by atoms with Crippen LogP contribution in [0.25, 0.3) is 0 Å². The monoisotopic (exact) mass is 306 g/mol. The molecule has 1 aromatic carbocycles. The molecular formula is C17H26N2O3. The smallest absolute Gasteiger partial charge is 0.317 e. The number of urea groups is 1. The Balaban J connectivity index is 1.70. The lowest BCUT2D eigenvalue weighted by Gasteiger charge is -2.34. The van der Waals surface area contributed by atoms with Crippen LogP contribution in [-0.2, 0) is 0 Å². The van der Waals surface area contributed by atoms with Crippen LogP contribution in [0.1, 0.15) is 25.3 Å². The van der Waals surface area contributed by atoms with Gasteiger partial charge < -0.3 is 20.1 Å². The number of rotatable bonds is 5. The van der Waals surface area contributed by atoms with Crippen LogP contribution >= 0.6 is 0 Å². The van der Waals surface area contributed by atoms with Gasteiger partial charge in [0.05, 0.1) is 12.6 Å². The van der Waals surface area contributed by atoms with Gasteiger partial charge in [-0.1, -0.05) is 18.2 Å². The average Bonchev–Trinajstić information content (AvgIpc) is 2.53. The third-order valence-corrected chi connectivity index (χ3v) is 4.16. The minimum atomic E-state index is -0.361. The van der Waals surface area contributed by atoms with Gasteiger partial charge in [-0.15, -0.1) is 0 Å². The van der Waals surface area contributed by atoms with Crippen LogP contribution in [0.2, 0.25) is 0 Å². The number of likely N-dealkylation sites (tertiary alicyclic amines) is 1. The number of amides is 2. The summed E-state index contributed by atoms with van der Waals surface area (Å²) < 4.78 is 5.66. The molecule has 2 N–H and O–H groups in total. The van der Waals surface area contributed by atoms with Gasteiger partial charge in [0.15, 0.2) is 0 Å². The number of piperidine rings is 1. The maximum atomic E-state index is 12.1. The molecule has 5 nitrogen and oxygen atoms in total. The Morgan fingerprint density at radius 2 is 2.27 bits per heavy atom. The van der Waals surface area contributed by atoms with Crippen LogP contribution in [0.5, 0.6) is 5.75 Å². The van der Waals surface area contributed by atoms with Gasteiger partial charge in [-0.2, -0.15) is 0 Å². The van der Waals surface area contributed by atoms with E-state index in [9.17, 15) is 9.90 Å². The summed E-state index contributed by atoms with van der Waals surface area (Å²) in [6, 6.07) is 7.76. The predicted octanol–water partition coefficient (Wildman–Crippen LogP) is 2.18. The predicted molar refractivity (Wildman–Crippen MR) is 86.1 cm³/mol. The number of nitrogens with zero attached hydrogens (tertiary/aromatic N) is 1. The van der Waals surface area contributed by atoms with Crippen LogP contribution in [-0.4, -0.2) is 48.4 Å². The third kappa shape index (κ3) is 4.63. The zero-order valence-electron chi connectivity index (χ0n) is 13.4. The van der Waals surface area contributed by atoms with Crippen molar-refractivity contribution in [2.45, 2.75) is 32.8 Å². The highest BCUT2D eigenvalue weighted by Gasteiger charge is 2.26. The highest BCUT2D eigenvalue weighted by atomic mass is 16.5. The maximum absolute atomic E-state index is 12.1. The second kappa shape index (κ2) is 8.03. The van der Waals surface area contributed by atoms with Gasteiger partial charge in [0, 0.05) is 19.0 Å². The van der Waals surface area contributed by atoms with E-state index in [1.807, 2.05) is 31.2 Å². The normalized spacial score (nSPS) is 19.6. The zero-order chi connectivity index (χ0) is 15.9. The van der Waals surface area contributed by atoms with Crippen molar-refractivity contribution in [3.63, 3.8) is 0 Å². The van der Waals surface area contributed by atoms with Gasteiger partial charge in [-0.25, -0.2) is 4.79 Å². The quantitative estimate of drug-likeness (QED) is 0.820. The second-order valence-electron chi connectivity index (χ2n) is 5.93. The van der Waals surface area contributed by atoms with Crippen molar-refractivity contribution in [3.8, 4) is 5.75 Å². The number of aryl methyl sites for hydroxylation is 1. The van der Waals surface area contributed by atoms with E-state index in [-0.39, 0.29) is 18.1 Å². The number of hydrogen-bond acceptors (Lipinski definition) is 3. The van der Waals surface area contributed by atoms with E-state index in [4.69, 9.17) is 4.74 Å². The zero-order valence-corrected chi connectivity index (χ0v) is 13.4. The molecule has 0 aliphatic carbocycles. The fourth-order valence-electron chi connectivity index (χ4n) is 2.74. The number of carbonyl (C=O) groups excluding carboxylic acids is 1. The summed E-state index contributed by atoms with van der Waals surface area (Å²) in [5.41, 5.74) is 1.09. The molecular weight excluding hydrogens is 280 g/mol. The van der Waals surface area contributed by atoms with Gasteiger partial charge >= 0.3 is 6.03 Å². The van der Waals surface area contributed by atoms with Crippen molar-refractivity contribution < 1.29 is 14.6 Å². The molecule has 0 saturated carbocycles. The summed E-state index contributed by atoms with van der Waals surface area (Å²) in [7, 11) is 0. The molecule has 5 heteroatoms.